The molecule has 0 aromatic heterocycles. The molecule has 0 unspecified atom stereocenters. The molecule has 1 fully saturated rings. The van der Waals surface area contributed by atoms with Crippen LogP contribution in [0, 0.1) is 0 Å². The maximum absolute atomic E-state index is 12.4. The molecule has 1 N–H and O–H groups in total. The SMILES string of the molecule is O=C(O)CCN1C(=O)/C(=C/c2ccc(N(CCBr)CCBr)cc2)SC1=S. The van der Waals surface area contributed by atoms with Crippen LogP contribution in [0.15, 0.2) is 29.2 Å². The predicted octanol–water partition coefficient (Wildman–Crippen LogP) is 3.96. The molecule has 26 heavy (non-hydrogen) atoms. The first-order valence-electron chi connectivity index (χ1n) is 7.90. The summed E-state index contributed by atoms with van der Waals surface area (Å²) in [5.41, 5.74) is 2.03. The van der Waals surface area contributed by atoms with E-state index in [0.29, 0.717) is 9.23 Å². The number of carboxylic acids is 1. The van der Waals surface area contributed by atoms with Gasteiger partial charge < -0.3 is 10.0 Å². The third-order valence-corrected chi connectivity index (χ3v) is 5.77. The van der Waals surface area contributed by atoms with Gasteiger partial charge in [-0.1, -0.05) is 68.0 Å². The highest BCUT2D eigenvalue weighted by Crippen LogP contribution is 2.32. The number of aliphatic carboxylic acids is 1. The van der Waals surface area contributed by atoms with Gasteiger partial charge in [0.25, 0.3) is 5.91 Å². The topological polar surface area (TPSA) is 60.9 Å². The molecule has 0 spiro atoms. The molecule has 1 aromatic rings. The van der Waals surface area contributed by atoms with Crippen LogP contribution >= 0.6 is 55.8 Å². The minimum Gasteiger partial charge on any atom is -0.481 e. The first-order chi connectivity index (χ1) is 12.5. The van der Waals surface area contributed by atoms with Gasteiger partial charge in [-0.2, -0.15) is 0 Å². The summed E-state index contributed by atoms with van der Waals surface area (Å²) < 4.78 is 0.403. The Balaban J connectivity index is 2.10. The fraction of sp³-hybridized carbons (Fsp3) is 0.353. The van der Waals surface area contributed by atoms with E-state index in [-0.39, 0.29) is 18.9 Å². The Morgan fingerprint density at radius 1 is 1.23 bits per heavy atom. The average molecular weight is 522 g/mol. The van der Waals surface area contributed by atoms with Gasteiger partial charge in [0.2, 0.25) is 0 Å². The Morgan fingerprint density at radius 2 is 1.85 bits per heavy atom. The maximum Gasteiger partial charge on any atom is 0.305 e. The van der Waals surface area contributed by atoms with Gasteiger partial charge in [-0.25, -0.2) is 0 Å². The van der Waals surface area contributed by atoms with Crippen molar-refractivity contribution in [1.29, 1.82) is 0 Å². The van der Waals surface area contributed by atoms with Crippen molar-refractivity contribution in [3.05, 3.63) is 34.7 Å². The quantitative estimate of drug-likeness (QED) is 0.301. The molecule has 2 rings (SSSR count). The van der Waals surface area contributed by atoms with Crippen LogP contribution in [-0.2, 0) is 9.59 Å². The fourth-order valence-corrected chi connectivity index (χ4v) is 4.57. The van der Waals surface area contributed by atoms with Gasteiger partial charge in [-0.05, 0) is 23.8 Å². The summed E-state index contributed by atoms with van der Waals surface area (Å²) >= 11 is 13.3. The molecule has 0 saturated carbocycles. The number of carbonyl (C=O) groups is 2. The second-order valence-corrected chi connectivity index (χ2v) is 8.70. The smallest absolute Gasteiger partial charge is 0.305 e. The molecule has 140 valence electrons. The molecule has 0 aliphatic carbocycles. The van der Waals surface area contributed by atoms with Crippen molar-refractivity contribution in [2.24, 2.45) is 0 Å². The normalized spacial score (nSPS) is 15.8. The molecule has 1 saturated heterocycles. The van der Waals surface area contributed by atoms with Crippen LogP contribution in [0.2, 0.25) is 0 Å². The number of hydrogen-bond acceptors (Lipinski definition) is 5. The Hall–Kier alpha value is -0.900. The molecule has 0 radical (unpaired) electrons. The molecule has 9 heteroatoms. The zero-order valence-electron chi connectivity index (χ0n) is 13.9. The van der Waals surface area contributed by atoms with Gasteiger partial charge in [0.05, 0.1) is 11.3 Å². The number of benzene rings is 1. The minimum absolute atomic E-state index is 0.102. The lowest BCUT2D eigenvalue weighted by atomic mass is 10.1. The highest BCUT2D eigenvalue weighted by molar-refractivity contribution is 9.09. The summed E-state index contributed by atoms with van der Waals surface area (Å²) in [6.07, 6.45) is 1.68. The summed E-state index contributed by atoms with van der Waals surface area (Å²) in [6, 6.07) is 7.99. The van der Waals surface area contributed by atoms with E-state index in [2.05, 4.69) is 36.8 Å². The zero-order valence-corrected chi connectivity index (χ0v) is 18.7. The Bertz CT molecular complexity index is 704. The van der Waals surface area contributed by atoms with E-state index in [9.17, 15) is 9.59 Å². The van der Waals surface area contributed by atoms with Crippen molar-refractivity contribution < 1.29 is 14.7 Å². The number of nitrogens with zero attached hydrogens (tertiary/aromatic N) is 2. The first kappa shape index (κ1) is 21.4. The van der Waals surface area contributed by atoms with E-state index in [4.69, 9.17) is 17.3 Å². The zero-order chi connectivity index (χ0) is 19.1. The van der Waals surface area contributed by atoms with Crippen LogP contribution in [0.4, 0.5) is 5.69 Å². The second kappa shape index (κ2) is 10.4. The molecule has 1 aromatic carbocycles. The number of thioether (sulfide) groups is 1. The number of amides is 1. The number of carbonyl (C=O) groups excluding carboxylic acids is 1. The van der Waals surface area contributed by atoms with E-state index in [1.165, 1.54) is 16.7 Å². The molecule has 0 atom stereocenters. The molecule has 1 heterocycles. The van der Waals surface area contributed by atoms with Crippen molar-refractivity contribution >= 4 is 83.8 Å². The van der Waals surface area contributed by atoms with E-state index in [1.54, 1.807) is 6.08 Å². The number of alkyl halides is 2. The van der Waals surface area contributed by atoms with E-state index in [0.717, 1.165) is 35.0 Å². The monoisotopic (exact) mass is 520 g/mol. The highest BCUT2D eigenvalue weighted by atomic mass is 79.9. The van der Waals surface area contributed by atoms with Crippen LogP contribution in [-0.4, -0.2) is 56.5 Å². The van der Waals surface area contributed by atoms with Crippen molar-refractivity contribution in [2.45, 2.75) is 6.42 Å². The van der Waals surface area contributed by atoms with Gasteiger partial charge in [-0.15, -0.1) is 0 Å². The second-order valence-electron chi connectivity index (χ2n) is 5.43. The average Bonchev–Trinajstić information content (AvgIpc) is 2.87. The lowest BCUT2D eigenvalue weighted by molar-refractivity contribution is -0.137. The largest absolute Gasteiger partial charge is 0.481 e. The fourth-order valence-electron chi connectivity index (χ4n) is 2.41. The predicted molar refractivity (Wildman–Crippen MR) is 118 cm³/mol. The van der Waals surface area contributed by atoms with Crippen molar-refractivity contribution in [3.8, 4) is 0 Å². The van der Waals surface area contributed by atoms with Gasteiger partial charge in [0.15, 0.2) is 0 Å². The summed E-state index contributed by atoms with van der Waals surface area (Å²) in [7, 11) is 0. The maximum atomic E-state index is 12.4. The summed E-state index contributed by atoms with van der Waals surface area (Å²) in [5.74, 6) is -1.18. The van der Waals surface area contributed by atoms with Gasteiger partial charge in [-0.3, -0.25) is 14.5 Å². The molecular weight excluding hydrogens is 504 g/mol. The van der Waals surface area contributed by atoms with Gasteiger partial charge in [0.1, 0.15) is 4.32 Å². The molecular formula is C17H18Br2N2O3S2. The number of halogens is 2. The van der Waals surface area contributed by atoms with Crippen molar-refractivity contribution in [3.63, 3.8) is 0 Å². The molecule has 5 nitrogen and oxygen atoms in total. The Labute approximate surface area is 179 Å². The van der Waals surface area contributed by atoms with Crippen LogP contribution < -0.4 is 4.90 Å². The molecule has 0 bridgehead atoms. The van der Waals surface area contributed by atoms with Gasteiger partial charge in [0, 0.05) is 36.0 Å². The summed E-state index contributed by atoms with van der Waals surface area (Å²) in [5, 5.41) is 10.6. The first-order valence-corrected chi connectivity index (χ1v) is 11.4. The lowest BCUT2D eigenvalue weighted by Crippen LogP contribution is -2.30. The minimum atomic E-state index is -0.949. The molecule has 1 amide bonds. The number of rotatable bonds is 9. The van der Waals surface area contributed by atoms with Crippen LogP contribution in [0.1, 0.15) is 12.0 Å². The van der Waals surface area contributed by atoms with Crippen molar-refractivity contribution in [2.75, 3.05) is 35.2 Å². The van der Waals surface area contributed by atoms with Crippen LogP contribution in [0.3, 0.4) is 0 Å². The Kier molecular flexibility index (Phi) is 8.59. The van der Waals surface area contributed by atoms with E-state index < -0.39 is 5.97 Å². The Morgan fingerprint density at radius 3 is 2.38 bits per heavy atom. The number of carboxylic acid groups (broad SMARTS) is 1. The number of anilines is 1. The standard InChI is InChI=1S/C17H18Br2N2O3S2/c18-6-9-20(10-7-19)13-3-1-12(2-4-13)11-14-16(24)21(17(25)26-14)8-5-15(22)23/h1-4,11H,5-10H2,(H,22,23)/b14-11-. The number of thiocarbonyl (C=S) groups is 1. The van der Waals surface area contributed by atoms with Crippen molar-refractivity contribution in [1.82, 2.24) is 4.90 Å². The third kappa shape index (κ3) is 5.80. The lowest BCUT2D eigenvalue weighted by Gasteiger charge is -2.23. The van der Waals surface area contributed by atoms with Gasteiger partial charge >= 0.3 is 5.97 Å². The highest BCUT2D eigenvalue weighted by Gasteiger charge is 2.31. The molecule has 1 aliphatic rings. The van der Waals surface area contributed by atoms with Crippen LogP contribution in [0.5, 0.6) is 0 Å². The summed E-state index contributed by atoms with van der Waals surface area (Å²) in [4.78, 5) is 27.3. The van der Waals surface area contributed by atoms with Crippen LogP contribution in [0.25, 0.3) is 6.08 Å². The third-order valence-electron chi connectivity index (χ3n) is 3.69. The van der Waals surface area contributed by atoms with E-state index in [1.807, 2.05) is 24.3 Å². The number of hydrogen-bond donors (Lipinski definition) is 1. The molecule has 1 aliphatic heterocycles. The summed E-state index contributed by atoms with van der Waals surface area (Å²) in [6.45, 7) is 1.92. The van der Waals surface area contributed by atoms with E-state index >= 15 is 0 Å².